The van der Waals surface area contributed by atoms with Gasteiger partial charge in [-0.3, -0.25) is 4.79 Å². The molecule has 0 radical (unpaired) electrons. The fraction of sp³-hybridized carbons (Fsp3) is 0.500. The Balaban J connectivity index is 2.02. The van der Waals surface area contributed by atoms with Crippen molar-refractivity contribution in [3.05, 3.63) is 23.7 Å². The zero-order chi connectivity index (χ0) is 11.7. The Morgan fingerprint density at radius 3 is 2.88 bits per heavy atom. The maximum atomic E-state index is 10.7. The van der Waals surface area contributed by atoms with Crippen LogP contribution >= 0.6 is 0 Å². The summed E-state index contributed by atoms with van der Waals surface area (Å²) in [5.41, 5.74) is 2.31. The summed E-state index contributed by atoms with van der Waals surface area (Å²) in [5, 5.41) is 8.28. The van der Waals surface area contributed by atoms with Crippen LogP contribution in [0.1, 0.15) is 54.1 Å². The third kappa shape index (κ3) is 1.81. The van der Waals surface area contributed by atoms with Gasteiger partial charge in [0.15, 0.2) is 11.9 Å². The van der Waals surface area contributed by atoms with Crippen molar-refractivity contribution < 1.29 is 4.79 Å². The molecule has 0 bridgehead atoms. The normalized spacial score (nSPS) is 17.4. The van der Waals surface area contributed by atoms with Crippen LogP contribution in [0.3, 0.4) is 0 Å². The van der Waals surface area contributed by atoms with Crippen molar-refractivity contribution >= 4 is 11.9 Å². The lowest BCUT2D eigenvalue weighted by Crippen LogP contribution is -2.06. The predicted octanol–water partition coefficient (Wildman–Crippen LogP) is 1.98. The van der Waals surface area contributed by atoms with E-state index in [0.29, 0.717) is 11.5 Å². The average Bonchev–Trinajstić information content (AvgIpc) is 2.82. The quantitative estimate of drug-likeness (QED) is 0.740. The van der Waals surface area contributed by atoms with Gasteiger partial charge in [-0.2, -0.15) is 0 Å². The summed E-state index contributed by atoms with van der Waals surface area (Å²) in [7, 11) is 0. The van der Waals surface area contributed by atoms with E-state index in [4.69, 9.17) is 0 Å². The highest BCUT2D eigenvalue weighted by atomic mass is 16.1. The van der Waals surface area contributed by atoms with Crippen LogP contribution in [0.15, 0.2) is 12.4 Å². The van der Waals surface area contributed by atoms with Crippen molar-refractivity contribution in [2.24, 2.45) is 0 Å². The summed E-state index contributed by atoms with van der Waals surface area (Å²) in [6.45, 7) is 0. The first-order valence-electron chi connectivity index (χ1n) is 6.04. The van der Waals surface area contributed by atoms with Gasteiger partial charge in [0.1, 0.15) is 5.69 Å². The van der Waals surface area contributed by atoms with Crippen molar-refractivity contribution in [1.29, 1.82) is 0 Å². The molecule has 0 spiro atoms. The monoisotopic (exact) mass is 230 g/mol. The van der Waals surface area contributed by atoms with E-state index in [1.807, 2.05) is 0 Å². The van der Waals surface area contributed by atoms with E-state index in [1.165, 1.54) is 32.1 Å². The van der Waals surface area contributed by atoms with Gasteiger partial charge in [0, 0.05) is 18.3 Å². The lowest BCUT2D eigenvalue weighted by atomic mass is 9.87. The second-order valence-corrected chi connectivity index (χ2v) is 4.58. The number of carbonyl (C=O) groups is 1. The summed E-state index contributed by atoms with van der Waals surface area (Å²) in [6, 6.07) is 0. The van der Waals surface area contributed by atoms with Crippen molar-refractivity contribution in [3.63, 3.8) is 0 Å². The predicted molar refractivity (Wildman–Crippen MR) is 62.0 cm³/mol. The van der Waals surface area contributed by atoms with E-state index in [1.54, 1.807) is 16.9 Å². The van der Waals surface area contributed by atoms with Gasteiger partial charge in [0.25, 0.3) is 0 Å². The Hall–Kier alpha value is -1.78. The van der Waals surface area contributed by atoms with Gasteiger partial charge in [-0.1, -0.05) is 24.5 Å². The minimum atomic E-state index is 0.482. The molecule has 17 heavy (non-hydrogen) atoms. The third-order valence-electron chi connectivity index (χ3n) is 3.43. The molecule has 0 N–H and O–H groups in total. The van der Waals surface area contributed by atoms with Crippen LogP contribution < -0.4 is 0 Å². The SMILES string of the molecule is O=Cc1cnc2c(C3CCCCC3)nnn2c1. The second kappa shape index (κ2) is 4.24. The number of hydrogen-bond acceptors (Lipinski definition) is 4. The largest absolute Gasteiger partial charge is 0.298 e. The minimum Gasteiger partial charge on any atom is -0.298 e. The van der Waals surface area contributed by atoms with Gasteiger partial charge in [0.2, 0.25) is 0 Å². The van der Waals surface area contributed by atoms with Gasteiger partial charge in [0.05, 0.1) is 5.56 Å². The molecule has 0 atom stereocenters. The maximum absolute atomic E-state index is 10.7. The fourth-order valence-electron chi connectivity index (χ4n) is 2.52. The zero-order valence-electron chi connectivity index (χ0n) is 9.54. The molecule has 1 saturated carbocycles. The molecule has 0 saturated heterocycles. The topological polar surface area (TPSA) is 60.2 Å². The fourth-order valence-corrected chi connectivity index (χ4v) is 2.52. The van der Waals surface area contributed by atoms with Crippen molar-refractivity contribution in [2.45, 2.75) is 38.0 Å². The Bertz CT molecular complexity index is 542. The van der Waals surface area contributed by atoms with Crippen molar-refractivity contribution in [1.82, 2.24) is 19.8 Å². The molecule has 2 aromatic heterocycles. The first-order chi connectivity index (χ1) is 8.38. The van der Waals surface area contributed by atoms with Gasteiger partial charge >= 0.3 is 0 Å². The summed E-state index contributed by atoms with van der Waals surface area (Å²) in [4.78, 5) is 15.0. The van der Waals surface area contributed by atoms with Crippen molar-refractivity contribution in [3.8, 4) is 0 Å². The van der Waals surface area contributed by atoms with Gasteiger partial charge < -0.3 is 0 Å². The number of carbonyl (C=O) groups excluding carboxylic acids is 1. The Kier molecular flexibility index (Phi) is 2.59. The molecular weight excluding hydrogens is 216 g/mol. The highest BCUT2D eigenvalue weighted by Gasteiger charge is 2.21. The maximum Gasteiger partial charge on any atom is 0.179 e. The summed E-state index contributed by atoms with van der Waals surface area (Å²) < 4.78 is 1.60. The van der Waals surface area contributed by atoms with Gasteiger partial charge in [-0.05, 0) is 12.8 Å². The molecule has 1 aliphatic carbocycles. The molecule has 3 rings (SSSR count). The standard InChI is InChI=1S/C12H14N4O/c17-8-9-6-13-12-11(14-15-16(12)7-9)10-4-2-1-3-5-10/h6-8,10H,1-5H2. The highest BCUT2D eigenvalue weighted by Crippen LogP contribution is 2.32. The summed E-state index contributed by atoms with van der Waals surface area (Å²) >= 11 is 0. The lowest BCUT2D eigenvalue weighted by Gasteiger charge is -2.18. The molecule has 5 nitrogen and oxygen atoms in total. The Morgan fingerprint density at radius 2 is 2.12 bits per heavy atom. The first-order valence-corrected chi connectivity index (χ1v) is 6.04. The Labute approximate surface area is 98.9 Å². The number of nitrogens with zero attached hydrogens (tertiary/aromatic N) is 4. The molecule has 2 heterocycles. The molecule has 0 unspecified atom stereocenters. The molecule has 88 valence electrons. The Morgan fingerprint density at radius 1 is 1.29 bits per heavy atom. The van der Waals surface area contributed by atoms with Crippen LogP contribution in [0.4, 0.5) is 0 Å². The van der Waals surface area contributed by atoms with Gasteiger partial charge in [-0.25, -0.2) is 9.50 Å². The number of fused-ring (bicyclic) bond motifs is 1. The van der Waals surface area contributed by atoms with Crippen LogP contribution in [0.2, 0.25) is 0 Å². The van der Waals surface area contributed by atoms with Crippen LogP contribution in [-0.4, -0.2) is 26.1 Å². The summed E-state index contributed by atoms with van der Waals surface area (Å²) in [6.07, 6.45) is 10.2. The third-order valence-corrected chi connectivity index (χ3v) is 3.43. The highest BCUT2D eigenvalue weighted by molar-refractivity contribution is 5.74. The smallest absolute Gasteiger partial charge is 0.179 e. The summed E-state index contributed by atoms with van der Waals surface area (Å²) in [5.74, 6) is 0.482. The van der Waals surface area contributed by atoms with Crippen LogP contribution in [0, 0.1) is 0 Å². The zero-order valence-corrected chi connectivity index (χ0v) is 9.54. The lowest BCUT2D eigenvalue weighted by molar-refractivity contribution is 0.112. The van der Waals surface area contributed by atoms with Gasteiger partial charge in [-0.15, -0.1) is 5.10 Å². The molecule has 0 aromatic carbocycles. The van der Waals surface area contributed by atoms with E-state index < -0.39 is 0 Å². The molecule has 2 aromatic rings. The number of aromatic nitrogens is 4. The van der Waals surface area contributed by atoms with E-state index in [9.17, 15) is 4.79 Å². The van der Waals surface area contributed by atoms with E-state index >= 15 is 0 Å². The van der Waals surface area contributed by atoms with E-state index in [0.717, 1.165) is 17.6 Å². The molecule has 0 aliphatic heterocycles. The number of hydrogen-bond donors (Lipinski definition) is 0. The van der Waals surface area contributed by atoms with Crippen LogP contribution in [0.25, 0.3) is 5.65 Å². The van der Waals surface area contributed by atoms with Crippen molar-refractivity contribution in [2.75, 3.05) is 0 Å². The van der Waals surface area contributed by atoms with E-state index in [2.05, 4.69) is 15.3 Å². The number of aldehydes is 1. The second-order valence-electron chi connectivity index (χ2n) is 4.58. The molecule has 0 amide bonds. The molecule has 1 aliphatic rings. The average molecular weight is 230 g/mol. The first kappa shape index (κ1) is 10.4. The van der Waals surface area contributed by atoms with Crippen LogP contribution in [0.5, 0.6) is 0 Å². The molecule has 5 heteroatoms. The number of rotatable bonds is 2. The van der Waals surface area contributed by atoms with E-state index in [-0.39, 0.29) is 0 Å². The minimum absolute atomic E-state index is 0.482. The molecule has 1 fully saturated rings. The molecular formula is C12H14N4O. The van der Waals surface area contributed by atoms with Crippen LogP contribution in [-0.2, 0) is 0 Å².